The van der Waals surface area contributed by atoms with E-state index in [0.29, 0.717) is 5.69 Å². The molecule has 0 saturated heterocycles. The highest BCUT2D eigenvalue weighted by atomic mass is 35.5. The molecule has 2 heterocycles. The second-order valence-corrected chi connectivity index (χ2v) is 7.90. The first-order chi connectivity index (χ1) is 13.7. The van der Waals surface area contributed by atoms with E-state index in [1.807, 2.05) is 6.07 Å². The SMILES string of the molecule is CCCCc1ccc([C@@H](NCC(=O)Nc2cccnc2Cl)c2cccs2)cc1. The Morgan fingerprint density at radius 2 is 2.00 bits per heavy atom. The van der Waals surface area contributed by atoms with Crippen molar-refractivity contribution in [1.29, 1.82) is 0 Å². The molecule has 0 aliphatic rings. The molecule has 28 heavy (non-hydrogen) atoms. The molecule has 6 heteroatoms. The maximum atomic E-state index is 12.4. The molecule has 146 valence electrons. The van der Waals surface area contributed by atoms with Crippen LogP contribution >= 0.6 is 22.9 Å². The summed E-state index contributed by atoms with van der Waals surface area (Å²) >= 11 is 7.69. The third-order valence-electron chi connectivity index (χ3n) is 4.46. The fourth-order valence-corrected chi connectivity index (χ4v) is 3.96. The summed E-state index contributed by atoms with van der Waals surface area (Å²) in [5, 5.41) is 8.51. The van der Waals surface area contributed by atoms with Crippen LogP contribution in [0, 0.1) is 0 Å². The molecule has 0 aliphatic heterocycles. The average Bonchev–Trinajstić information content (AvgIpc) is 3.24. The summed E-state index contributed by atoms with van der Waals surface area (Å²) in [7, 11) is 0. The molecule has 4 nitrogen and oxygen atoms in total. The van der Waals surface area contributed by atoms with E-state index in [1.165, 1.54) is 23.3 Å². The van der Waals surface area contributed by atoms with E-state index in [-0.39, 0.29) is 23.6 Å². The number of nitrogens with one attached hydrogen (secondary N) is 2. The van der Waals surface area contributed by atoms with Crippen LogP contribution in [-0.2, 0) is 11.2 Å². The molecule has 0 spiro atoms. The molecule has 2 N–H and O–H groups in total. The van der Waals surface area contributed by atoms with Crippen molar-refractivity contribution in [3.05, 3.63) is 81.3 Å². The van der Waals surface area contributed by atoms with Gasteiger partial charge in [-0.05, 0) is 47.5 Å². The second kappa shape index (κ2) is 10.4. The number of carbonyl (C=O) groups is 1. The first-order valence-electron chi connectivity index (χ1n) is 9.43. The number of thiophene rings is 1. The van der Waals surface area contributed by atoms with Gasteiger partial charge in [0.05, 0.1) is 18.3 Å². The topological polar surface area (TPSA) is 54.0 Å². The number of halogens is 1. The predicted octanol–water partition coefficient (Wildman–Crippen LogP) is 5.46. The largest absolute Gasteiger partial charge is 0.322 e. The highest BCUT2D eigenvalue weighted by Crippen LogP contribution is 2.26. The van der Waals surface area contributed by atoms with Crippen LogP contribution in [0.4, 0.5) is 5.69 Å². The molecule has 0 radical (unpaired) electrons. The normalized spacial score (nSPS) is 11.9. The van der Waals surface area contributed by atoms with E-state index in [0.717, 1.165) is 12.0 Å². The molecule has 1 atom stereocenters. The first-order valence-corrected chi connectivity index (χ1v) is 10.7. The van der Waals surface area contributed by atoms with Crippen molar-refractivity contribution in [2.45, 2.75) is 32.2 Å². The molecule has 0 fully saturated rings. The van der Waals surface area contributed by atoms with Gasteiger partial charge in [0, 0.05) is 11.1 Å². The zero-order valence-electron chi connectivity index (χ0n) is 15.8. The number of anilines is 1. The number of carbonyl (C=O) groups excluding carboxylic acids is 1. The number of hydrogen-bond donors (Lipinski definition) is 2. The first kappa shape index (κ1) is 20.5. The van der Waals surface area contributed by atoms with Gasteiger partial charge in [0.1, 0.15) is 0 Å². The van der Waals surface area contributed by atoms with E-state index in [9.17, 15) is 4.79 Å². The van der Waals surface area contributed by atoms with E-state index in [2.05, 4.69) is 58.3 Å². The Kier molecular flexibility index (Phi) is 7.60. The zero-order valence-corrected chi connectivity index (χ0v) is 17.4. The van der Waals surface area contributed by atoms with E-state index >= 15 is 0 Å². The van der Waals surface area contributed by atoms with Gasteiger partial charge in [-0.25, -0.2) is 4.98 Å². The zero-order chi connectivity index (χ0) is 19.8. The lowest BCUT2D eigenvalue weighted by atomic mass is 10.0. The number of unbranched alkanes of at least 4 members (excludes halogenated alkanes) is 1. The molecule has 0 saturated carbocycles. The van der Waals surface area contributed by atoms with Crippen LogP contribution in [0.1, 0.15) is 41.8 Å². The Balaban J connectivity index is 1.67. The Hall–Kier alpha value is -2.21. The van der Waals surface area contributed by atoms with Crippen molar-refractivity contribution in [3.8, 4) is 0 Å². The maximum Gasteiger partial charge on any atom is 0.238 e. The van der Waals surface area contributed by atoms with Gasteiger partial charge in [-0.15, -0.1) is 11.3 Å². The van der Waals surface area contributed by atoms with Crippen LogP contribution in [0.2, 0.25) is 5.15 Å². The van der Waals surface area contributed by atoms with E-state index < -0.39 is 0 Å². The van der Waals surface area contributed by atoms with Crippen molar-refractivity contribution in [2.75, 3.05) is 11.9 Å². The van der Waals surface area contributed by atoms with Crippen molar-refractivity contribution in [3.63, 3.8) is 0 Å². The number of aromatic nitrogens is 1. The van der Waals surface area contributed by atoms with Gasteiger partial charge in [-0.2, -0.15) is 0 Å². The maximum absolute atomic E-state index is 12.4. The van der Waals surface area contributed by atoms with Crippen LogP contribution in [0.25, 0.3) is 0 Å². The van der Waals surface area contributed by atoms with Gasteiger partial charge in [0.2, 0.25) is 5.91 Å². The molecule has 0 unspecified atom stereocenters. The summed E-state index contributed by atoms with van der Waals surface area (Å²) < 4.78 is 0. The summed E-state index contributed by atoms with van der Waals surface area (Å²) in [6.45, 7) is 2.38. The van der Waals surface area contributed by atoms with E-state index in [1.54, 1.807) is 29.7 Å². The monoisotopic (exact) mass is 413 g/mol. The van der Waals surface area contributed by atoms with Gasteiger partial charge in [-0.3, -0.25) is 10.1 Å². The standard InChI is InChI=1S/C22H24ClN3OS/c1-2-3-6-16-9-11-17(12-10-16)21(19-8-5-14-28-19)25-15-20(27)26-18-7-4-13-24-22(18)23/h4-5,7-14,21,25H,2-3,6,15H2,1H3,(H,26,27)/t21-/m1/s1. The Morgan fingerprint density at radius 1 is 1.18 bits per heavy atom. The third-order valence-corrected chi connectivity index (χ3v) is 5.70. The lowest BCUT2D eigenvalue weighted by Gasteiger charge is -2.18. The number of nitrogens with zero attached hydrogens (tertiary/aromatic N) is 1. The summed E-state index contributed by atoms with van der Waals surface area (Å²) in [6.07, 6.45) is 5.08. The van der Waals surface area contributed by atoms with Crippen LogP contribution in [0.15, 0.2) is 60.1 Å². The number of rotatable bonds is 9. The molecule has 3 rings (SSSR count). The molecule has 1 aromatic carbocycles. The summed E-state index contributed by atoms with van der Waals surface area (Å²) in [5.74, 6) is -0.156. The lowest BCUT2D eigenvalue weighted by Crippen LogP contribution is -2.31. The molecular weight excluding hydrogens is 390 g/mol. The van der Waals surface area contributed by atoms with Crippen LogP contribution in [0.3, 0.4) is 0 Å². The fraction of sp³-hybridized carbons (Fsp3) is 0.273. The quantitative estimate of drug-likeness (QED) is 0.458. The summed E-state index contributed by atoms with van der Waals surface area (Å²) in [4.78, 5) is 17.5. The van der Waals surface area contributed by atoms with Crippen molar-refractivity contribution in [2.24, 2.45) is 0 Å². The highest BCUT2D eigenvalue weighted by molar-refractivity contribution is 7.10. The minimum absolute atomic E-state index is 0.0321. The van der Waals surface area contributed by atoms with Crippen molar-refractivity contribution >= 4 is 34.5 Å². The number of amides is 1. The van der Waals surface area contributed by atoms with E-state index in [4.69, 9.17) is 11.6 Å². The molecule has 2 aromatic heterocycles. The Labute approximate surface area is 175 Å². The number of benzene rings is 1. The Morgan fingerprint density at radius 3 is 2.68 bits per heavy atom. The minimum atomic E-state index is -0.156. The van der Waals surface area contributed by atoms with Gasteiger partial charge in [0.25, 0.3) is 0 Å². The molecular formula is C22H24ClN3OS. The number of aryl methyl sites for hydroxylation is 1. The van der Waals surface area contributed by atoms with Crippen molar-refractivity contribution in [1.82, 2.24) is 10.3 Å². The van der Waals surface area contributed by atoms with Gasteiger partial charge >= 0.3 is 0 Å². The van der Waals surface area contributed by atoms with Gasteiger partial charge in [-0.1, -0.05) is 55.3 Å². The lowest BCUT2D eigenvalue weighted by molar-refractivity contribution is -0.115. The number of hydrogen-bond acceptors (Lipinski definition) is 4. The van der Waals surface area contributed by atoms with Crippen LogP contribution < -0.4 is 10.6 Å². The molecule has 1 amide bonds. The third kappa shape index (κ3) is 5.64. The molecule has 0 aliphatic carbocycles. The summed E-state index contributed by atoms with van der Waals surface area (Å²) in [6, 6.07) is 16.2. The summed E-state index contributed by atoms with van der Waals surface area (Å²) in [5.41, 5.74) is 3.01. The number of pyridine rings is 1. The fourth-order valence-electron chi connectivity index (χ4n) is 2.96. The van der Waals surface area contributed by atoms with Crippen LogP contribution in [0.5, 0.6) is 0 Å². The predicted molar refractivity (Wildman–Crippen MR) is 117 cm³/mol. The van der Waals surface area contributed by atoms with Gasteiger partial charge < -0.3 is 5.32 Å². The average molecular weight is 414 g/mol. The van der Waals surface area contributed by atoms with Gasteiger partial charge in [0.15, 0.2) is 5.15 Å². The minimum Gasteiger partial charge on any atom is -0.322 e. The molecule has 0 bridgehead atoms. The van der Waals surface area contributed by atoms with Crippen LogP contribution in [-0.4, -0.2) is 17.4 Å². The highest BCUT2D eigenvalue weighted by Gasteiger charge is 2.16. The Bertz CT molecular complexity index is 881. The molecule has 3 aromatic rings. The second-order valence-electron chi connectivity index (χ2n) is 6.56. The van der Waals surface area contributed by atoms with Crippen molar-refractivity contribution < 1.29 is 4.79 Å². The smallest absolute Gasteiger partial charge is 0.238 e.